The summed E-state index contributed by atoms with van der Waals surface area (Å²) in [6, 6.07) is 0. The van der Waals surface area contributed by atoms with Crippen molar-refractivity contribution >= 4 is 10.0 Å². The molecular weight excluding hydrogens is 252 g/mol. The molecule has 0 aromatic carbocycles. The Morgan fingerprint density at radius 1 is 1.56 bits per heavy atom. The average Bonchev–Trinajstić information content (AvgIpc) is 2.79. The summed E-state index contributed by atoms with van der Waals surface area (Å²) in [6.45, 7) is 4.27. The van der Waals surface area contributed by atoms with Gasteiger partial charge in [-0.15, -0.1) is 0 Å². The summed E-state index contributed by atoms with van der Waals surface area (Å²) in [4.78, 5) is 0.269. The van der Waals surface area contributed by atoms with E-state index in [1.165, 1.54) is 6.20 Å². The van der Waals surface area contributed by atoms with Crippen molar-refractivity contribution in [2.45, 2.75) is 31.2 Å². The third-order valence-corrected chi connectivity index (χ3v) is 5.04. The van der Waals surface area contributed by atoms with E-state index in [9.17, 15) is 8.42 Å². The maximum Gasteiger partial charge on any atom is 0.246 e. The van der Waals surface area contributed by atoms with Gasteiger partial charge in [0.15, 0.2) is 0 Å². The van der Waals surface area contributed by atoms with Crippen LogP contribution in [0, 0.1) is 5.92 Å². The number of sulfonamides is 1. The monoisotopic (exact) mass is 272 g/mol. The Balaban J connectivity index is 2.18. The van der Waals surface area contributed by atoms with Gasteiger partial charge in [0.05, 0.1) is 12.7 Å². The molecule has 1 aliphatic heterocycles. The normalized spacial score (nSPS) is 22.2. The summed E-state index contributed by atoms with van der Waals surface area (Å²) in [5.41, 5.74) is 5.42. The molecule has 0 spiro atoms. The summed E-state index contributed by atoms with van der Waals surface area (Å²) in [5, 5.41) is 4.02. The van der Waals surface area contributed by atoms with E-state index >= 15 is 0 Å². The summed E-state index contributed by atoms with van der Waals surface area (Å²) >= 11 is 0. The number of hydrogen-bond donors (Lipinski definition) is 1. The summed E-state index contributed by atoms with van der Waals surface area (Å²) in [5.74, 6) is 0.424. The van der Waals surface area contributed by atoms with Crippen LogP contribution in [0.2, 0.25) is 0 Å². The Morgan fingerprint density at radius 2 is 2.33 bits per heavy atom. The van der Waals surface area contributed by atoms with Gasteiger partial charge in [-0.3, -0.25) is 4.68 Å². The van der Waals surface area contributed by atoms with E-state index in [0.29, 0.717) is 32.1 Å². The van der Waals surface area contributed by atoms with Crippen LogP contribution in [0.15, 0.2) is 17.3 Å². The van der Waals surface area contributed by atoms with E-state index in [4.69, 9.17) is 5.73 Å². The fourth-order valence-electron chi connectivity index (χ4n) is 2.25. The Hall–Kier alpha value is -0.920. The Morgan fingerprint density at radius 3 is 3.00 bits per heavy atom. The molecule has 0 aliphatic carbocycles. The molecule has 6 nitrogen and oxygen atoms in total. The number of piperidine rings is 1. The van der Waals surface area contributed by atoms with Crippen molar-refractivity contribution in [3.63, 3.8) is 0 Å². The van der Waals surface area contributed by atoms with Crippen LogP contribution in [-0.2, 0) is 16.6 Å². The lowest BCUT2D eigenvalue weighted by Gasteiger charge is -2.29. The Labute approximate surface area is 108 Å². The van der Waals surface area contributed by atoms with Crippen molar-refractivity contribution in [3.05, 3.63) is 12.4 Å². The van der Waals surface area contributed by atoms with Crippen LogP contribution in [0.3, 0.4) is 0 Å². The highest BCUT2D eigenvalue weighted by Crippen LogP contribution is 2.22. The molecule has 102 valence electrons. The molecule has 0 radical (unpaired) electrons. The zero-order chi connectivity index (χ0) is 13.2. The molecule has 2 rings (SSSR count). The molecule has 1 unspecified atom stereocenters. The summed E-state index contributed by atoms with van der Waals surface area (Å²) < 4.78 is 27.9. The minimum atomic E-state index is -3.38. The van der Waals surface area contributed by atoms with Gasteiger partial charge in [-0.05, 0) is 18.8 Å². The lowest BCUT2D eigenvalue weighted by atomic mass is 10.0. The van der Waals surface area contributed by atoms with E-state index < -0.39 is 10.0 Å². The second-order valence-electron chi connectivity index (χ2n) is 4.84. The molecule has 1 atom stereocenters. The SMILES string of the molecule is CC1CCCN(S(=O)(=O)c2cnn(CCN)c2)C1. The third-order valence-electron chi connectivity index (χ3n) is 3.23. The number of nitrogens with zero attached hydrogens (tertiary/aromatic N) is 3. The van der Waals surface area contributed by atoms with Gasteiger partial charge in [0.2, 0.25) is 10.0 Å². The molecule has 1 aromatic heterocycles. The first-order valence-electron chi connectivity index (χ1n) is 6.26. The molecule has 18 heavy (non-hydrogen) atoms. The lowest BCUT2D eigenvalue weighted by Crippen LogP contribution is -2.38. The highest BCUT2D eigenvalue weighted by atomic mass is 32.2. The first-order chi connectivity index (χ1) is 8.54. The van der Waals surface area contributed by atoms with Crippen LogP contribution >= 0.6 is 0 Å². The number of hydrogen-bond acceptors (Lipinski definition) is 4. The van der Waals surface area contributed by atoms with E-state index in [2.05, 4.69) is 12.0 Å². The minimum Gasteiger partial charge on any atom is -0.329 e. The second-order valence-corrected chi connectivity index (χ2v) is 6.78. The van der Waals surface area contributed by atoms with Crippen LogP contribution in [0.4, 0.5) is 0 Å². The molecule has 7 heteroatoms. The van der Waals surface area contributed by atoms with Crippen LogP contribution in [-0.4, -0.2) is 42.1 Å². The maximum absolute atomic E-state index is 12.4. The number of aromatic nitrogens is 2. The summed E-state index contributed by atoms with van der Waals surface area (Å²) in [6.07, 6.45) is 4.99. The first kappa shape index (κ1) is 13.5. The fourth-order valence-corrected chi connectivity index (χ4v) is 3.80. The van der Waals surface area contributed by atoms with E-state index in [1.54, 1.807) is 15.2 Å². The van der Waals surface area contributed by atoms with Gasteiger partial charge in [0.1, 0.15) is 4.90 Å². The van der Waals surface area contributed by atoms with Gasteiger partial charge < -0.3 is 5.73 Å². The van der Waals surface area contributed by atoms with Gasteiger partial charge in [0.25, 0.3) is 0 Å². The van der Waals surface area contributed by atoms with Crippen LogP contribution < -0.4 is 5.73 Å². The highest BCUT2D eigenvalue weighted by molar-refractivity contribution is 7.89. The molecule has 2 heterocycles. The second kappa shape index (κ2) is 5.38. The molecule has 0 amide bonds. The molecule has 0 bridgehead atoms. The molecule has 1 aliphatic rings. The molecule has 1 aromatic rings. The molecule has 1 saturated heterocycles. The Bertz CT molecular complexity index is 497. The first-order valence-corrected chi connectivity index (χ1v) is 7.70. The predicted octanol–water partition coefficient (Wildman–Crippen LogP) is 0.262. The van der Waals surface area contributed by atoms with E-state index in [-0.39, 0.29) is 4.90 Å². The van der Waals surface area contributed by atoms with E-state index in [0.717, 1.165) is 12.8 Å². The van der Waals surface area contributed by atoms with Crippen LogP contribution in [0.1, 0.15) is 19.8 Å². The topological polar surface area (TPSA) is 81.2 Å². The lowest BCUT2D eigenvalue weighted by molar-refractivity contribution is 0.281. The third kappa shape index (κ3) is 2.73. The molecule has 2 N–H and O–H groups in total. The number of nitrogens with two attached hydrogens (primary N) is 1. The smallest absolute Gasteiger partial charge is 0.246 e. The molecule has 1 fully saturated rings. The fraction of sp³-hybridized carbons (Fsp3) is 0.727. The van der Waals surface area contributed by atoms with Gasteiger partial charge in [-0.2, -0.15) is 9.40 Å². The van der Waals surface area contributed by atoms with Crippen LogP contribution in [0.5, 0.6) is 0 Å². The highest BCUT2D eigenvalue weighted by Gasteiger charge is 2.29. The maximum atomic E-state index is 12.4. The van der Waals surface area contributed by atoms with E-state index in [1.807, 2.05) is 0 Å². The van der Waals surface area contributed by atoms with Crippen molar-refractivity contribution in [1.82, 2.24) is 14.1 Å². The van der Waals surface area contributed by atoms with Gasteiger partial charge in [0, 0.05) is 25.8 Å². The predicted molar refractivity (Wildman–Crippen MR) is 68.4 cm³/mol. The quantitative estimate of drug-likeness (QED) is 0.852. The van der Waals surface area contributed by atoms with Crippen molar-refractivity contribution in [3.8, 4) is 0 Å². The van der Waals surface area contributed by atoms with Gasteiger partial charge >= 0.3 is 0 Å². The molecular formula is C11H20N4O2S. The largest absolute Gasteiger partial charge is 0.329 e. The molecule has 0 saturated carbocycles. The van der Waals surface area contributed by atoms with Crippen molar-refractivity contribution in [2.75, 3.05) is 19.6 Å². The van der Waals surface area contributed by atoms with Gasteiger partial charge in [-0.1, -0.05) is 6.92 Å². The standard InChI is InChI=1S/C11H20N4O2S/c1-10-3-2-5-15(8-10)18(16,17)11-7-13-14(9-11)6-4-12/h7,9-10H,2-6,8,12H2,1H3. The summed E-state index contributed by atoms with van der Waals surface area (Å²) in [7, 11) is -3.38. The number of rotatable bonds is 4. The van der Waals surface area contributed by atoms with Gasteiger partial charge in [-0.25, -0.2) is 8.42 Å². The average molecular weight is 272 g/mol. The zero-order valence-corrected chi connectivity index (χ0v) is 11.4. The van der Waals surface area contributed by atoms with Crippen molar-refractivity contribution < 1.29 is 8.42 Å². The van der Waals surface area contributed by atoms with Crippen molar-refractivity contribution in [1.29, 1.82) is 0 Å². The van der Waals surface area contributed by atoms with Crippen LogP contribution in [0.25, 0.3) is 0 Å². The minimum absolute atomic E-state index is 0.269. The zero-order valence-electron chi connectivity index (χ0n) is 10.6. The van der Waals surface area contributed by atoms with Crippen molar-refractivity contribution in [2.24, 2.45) is 11.7 Å². The Kier molecular flexibility index (Phi) is 4.04.